The number of carbonyl (C=O) groups is 1. The number of ether oxygens (including phenoxy) is 1. The molecule has 0 spiro atoms. The maximum Gasteiger partial charge on any atom is 0.519 e. The highest BCUT2D eigenvalue weighted by Crippen LogP contribution is 2.20. The predicted molar refractivity (Wildman–Crippen MR) is 71.2 cm³/mol. The monoisotopic (exact) mass is 376 g/mol. The number of aliphatic hydroxyl groups excluding tert-OH is 1. The van der Waals surface area contributed by atoms with Crippen molar-refractivity contribution in [3.05, 3.63) is 56.0 Å². The van der Waals surface area contributed by atoms with E-state index >= 15 is 0 Å². The third-order valence-corrected chi connectivity index (χ3v) is 3.01. The van der Waals surface area contributed by atoms with E-state index < -0.39 is 17.9 Å². The summed E-state index contributed by atoms with van der Waals surface area (Å²) in [5, 5.41) is 9.69. The van der Waals surface area contributed by atoms with Crippen LogP contribution in [0.15, 0.2) is 44.0 Å². The topological polar surface area (TPSA) is 89.9 Å². The molecule has 2 rings (SSSR count). The first-order valence-corrected chi connectivity index (χ1v) is 6.34. The first-order chi connectivity index (χ1) is 9.08. The second kappa shape index (κ2) is 6.02. The van der Waals surface area contributed by atoms with Crippen LogP contribution in [0.3, 0.4) is 0 Å². The van der Waals surface area contributed by atoms with Crippen molar-refractivity contribution >= 4 is 28.6 Å². The van der Waals surface area contributed by atoms with Crippen molar-refractivity contribution in [3.8, 4) is 0 Å². The molecular weight excluding hydrogens is 367 g/mol. The average molecular weight is 376 g/mol. The average Bonchev–Trinajstić information content (AvgIpc) is 2.75. The Hall–Kier alpha value is -1.61. The van der Waals surface area contributed by atoms with Crippen molar-refractivity contribution < 1.29 is 23.5 Å². The Morgan fingerprint density at radius 3 is 2.58 bits per heavy atom. The van der Waals surface area contributed by atoms with Crippen LogP contribution in [0.25, 0.3) is 0 Å². The Morgan fingerprint density at radius 1 is 1.32 bits per heavy atom. The van der Waals surface area contributed by atoms with Crippen LogP contribution in [0.5, 0.6) is 0 Å². The number of carbonyl (C=O) groups excluding carboxylic acids is 1. The van der Waals surface area contributed by atoms with E-state index in [-0.39, 0.29) is 16.1 Å². The van der Waals surface area contributed by atoms with Crippen LogP contribution in [0.2, 0.25) is 0 Å². The Bertz CT molecular complexity index is 615. The molecule has 1 N–H and O–H groups in total. The standard InChI is InChI=1S/C12H9IO6/c13-10-9(18-12(16)19-10)8(14)11(15)17-6-7-4-2-1-3-5-7/h1-5,8,14H,6H2. The molecule has 19 heavy (non-hydrogen) atoms. The first kappa shape index (κ1) is 13.8. The maximum absolute atomic E-state index is 11.6. The van der Waals surface area contributed by atoms with Gasteiger partial charge in [-0.05, 0) is 5.56 Å². The van der Waals surface area contributed by atoms with E-state index in [1.165, 1.54) is 0 Å². The van der Waals surface area contributed by atoms with Gasteiger partial charge in [-0.3, -0.25) is 0 Å². The highest BCUT2D eigenvalue weighted by atomic mass is 127. The molecule has 7 heteroatoms. The third kappa shape index (κ3) is 3.44. The lowest BCUT2D eigenvalue weighted by Gasteiger charge is -2.08. The van der Waals surface area contributed by atoms with Gasteiger partial charge in [-0.1, -0.05) is 30.3 Å². The van der Waals surface area contributed by atoms with Gasteiger partial charge in [-0.25, -0.2) is 9.59 Å². The number of hydrogen-bond donors (Lipinski definition) is 1. The molecule has 1 heterocycles. The van der Waals surface area contributed by atoms with E-state index in [1.54, 1.807) is 46.9 Å². The van der Waals surface area contributed by atoms with Crippen LogP contribution in [0, 0.1) is 3.77 Å². The summed E-state index contributed by atoms with van der Waals surface area (Å²) in [6, 6.07) is 9.00. The van der Waals surface area contributed by atoms with Crippen molar-refractivity contribution in [1.82, 2.24) is 0 Å². The summed E-state index contributed by atoms with van der Waals surface area (Å²) in [5.41, 5.74) is 0.784. The summed E-state index contributed by atoms with van der Waals surface area (Å²) in [6.45, 7) is 0.0232. The molecule has 1 unspecified atom stereocenters. The van der Waals surface area contributed by atoms with Crippen LogP contribution in [-0.4, -0.2) is 11.1 Å². The van der Waals surface area contributed by atoms with E-state index in [9.17, 15) is 14.7 Å². The van der Waals surface area contributed by atoms with Gasteiger partial charge in [0.15, 0.2) is 0 Å². The van der Waals surface area contributed by atoms with Gasteiger partial charge < -0.3 is 18.7 Å². The van der Waals surface area contributed by atoms with Crippen LogP contribution >= 0.6 is 22.6 Å². The van der Waals surface area contributed by atoms with Crippen molar-refractivity contribution in [3.63, 3.8) is 0 Å². The number of rotatable bonds is 4. The zero-order valence-corrected chi connectivity index (χ0v) is 11.7. The summed E-state index contributed by atoms with van der Waals surface area (Å²) in [4.78, 5) is 22.4. The normalized spacial score (nSPS) is 12.1. The lowest BCUT2D eigenvalue weighted by molar-refractivity contribution is -0.156. The molecule has 6 nitrogen and oxygen atoms in total. The minimum Gasteiger partial charge on any atom is -0.459 e. The Balaban J connectivity index is 2.00. The molecular formula is C12H9IO6. The second-order valence-electron chi connectivity index (χ2n) is 3.59. The molecule has 0 bridgehead atoms. The summed E-state index contributed by atoms with van der Waals surface area (Å²) in [5.74, 6) is -2.13. The summed E-state index contributed by atoms with van der Waals surface area (Å²) in [6.07, 6.45) is -1.68. The molecule has 1 atom stereocenters. The van der Waals surface area contributed by atoms with E-state index in [4.69, 9.17) is 4.74 Å². The second-order valence-corrected chi connectivity index (χ2v) is 4.57. The van der Waals surface area contributed by atoms with Gasteiger partial charge in [0.2, 0.25) is 15.6 Å². The van der Waals surface area contributed by atoms with E-state index in [2.05, 4.69) is 8.83 Å². The van der Waals surface area contributed by atoms with Crippen molar-refractivity contribution in [1.29, 1.82) is 0 Å². The lowest BCUT2D eigenvalue weighted by atomic mass is 10.2. The highest BCUT2D eigenvalue weighted by molar-refractivity contribution is 14.1. The summed E-state index contributed by atoms with van der Waals surface area (Å²) in [7, 11) is 0. The van der Waals surface area contributed by atoms with Gasteiger partial charge in [0.25, 0.3) is 0 Å². The fraction of sp³-hybridized carbons (Fsp3) is 0.167. The largest absolute Gasteiger partial charge is 0.519 e. The molecule has 100 valence electrons. The smallest absolute Gasteiger partial charge is 0.459 e. The fourth-order valence-electron chi connectivity index (χ4n) is 1.35. The fourth-order valence-corrected chi connectivity index (χ4v) is 1.94. The molecule has 0 amide bonds. The van der Waals surface area contributed by atoms with Gasteiger partial charge in [-0.15, -0.1) is 0 Å². The van der Waals surface area contributed by atoms with E-state index in [0.29, 0.717) is 0 Å². The number of aliphatic hydroxyl groups is 1. The van der Waals surface area contributed by atoms with Crippen LogP contribution < -0.4 is 5.82 Å². The van der Waals surface area contributed by atoms with Crippen LogP contribution in [0.4, 0.5) is 0 Å². The third-order valence-electron chi connectivity index (χ3n) is 2.26. The zero-order chi connectivity index (χ0) is 13.8. The van der Waals surface area contributed by atoms with E-state index in [1.807, 2.05) is 6.07 Å². The van der Waals surface area contributed by atoms with Crippen molar-refractivity contribution in [2.24, 2.45) is 0 Å². The lowest BCUT2D eigenvalue weighted by Crippen LogP contribution is -2.15. The maximum atomic E-state index is 11.6. The van der Waals surface area contributed by atoms with Gasteiger partial charge >= 0.3 is 11.8 Å². The number of hydrogen-bond acceptors (Lipinski definition) is 6. The molecule has 2 aromatic rings. The minimum atomic E-state index is -1.68. The molecule has 0 radical (unpaired) electrons. The molecule has 1 aromatic heterocycles. The van der Waals surface area contributed by atoms with Gasteiger partial charge in [0, 0.05) is 22.6 Å². The van der Waals surface area contributed by atoms with Gasteiger partial charge in [0.1, 0.15) is 6.61 Å². The molecule has 0 aliphatic heterocycles. The SMILES string of the molecule is O=C(OCc1ccccc1)C(O)c1oc(=O)oc1I. The Kier molecular flexibility index (Phi) is 4.38. The number of benzene rings is 1. The Labute approximate surface area is 121 Å². The molecule has 0 aliphatic carbocycles. The van der Waals surface area contributed by atoms with Gasteiger partial charge in [-0.2, -0.15) is 0 Å². The highest BCUT2D eigenvalue weighted by Gasteiger charge is 2.27. The number of esters is 1. The summed E-state index contributed by atoms with van der Waals surface area (Å²) >= 11 is 1.64. The van der Waals surface area contributed by atoms with Gasteiger partial charge in [0.05, 0.1) is 0 Å². The molecule has 0 fully saturated rings. The van der Waals surface area contributed by atoms with Crippen molar-refractivity contribution in [2.75, 3.05) is 0 Å². The Morgan fingerprint density at radius 2 is 2.00 bits per heavy atom. The van der Waals surface area contributed by atoms with Crippen molar-refractivity contribution in [2.45, 2.75) is 12.7 Å². The van der Waals surface area contributed by atoms with Crippen LogP contribution in [-0.2, 0) is 16.1 Å². The quantitative estimate of drug-likeness (QED) is 0.644. The zero-order valence-electron chi connectivity index (χ0n) is 9.54. The molecule has 1 aromatic carbocycles. The van der Waals surface area contributed by atoms with E-state index in [0.717, 1.165) is 5.56 Å². The summed E-state index contributed by atoms with van der Waals surface area (Å²) < 4.78 is 14.0. The minimum absolute atomic E-state index is 0.0201. The number of halogens is 1. The first-order valence-electron chi connectivity index (χ1n) is 5.26. The van der Waals surface area contributed by atoms with Crippen LogP contribution in [0.1, 0.15) is 17.4 Å². The predicted octanol–water partition coefficient (Wildman–Crippen LogP) is 1.61. The molecule has 0 saturated heterocycles. The molecule has 0 saturated carbocycles. The molecule has 0 aliphatic rings.